The van der Waals surface area contributed by atoms with Crippen LogP contribution in [-0.4, -0.2) is 42.0 Å². The summed E-state index contributed by atoms with van der Waals surface area (Å²) in [4.78, 5) is 17.5. The van der Waals surface area contributed by atoms with Crippen LogP contribution in [0.5, 0.6) is 11.5 Å². The number of ketones is 1. The highest BCUT2D eigenvalue weighted by Gasteiger charge is 2.34. The molecule has 6 nitrogen and oxygen atoms in total. The van der Waals surface area contributed by atoms with Crippen molar-refractivity contribution in [1.29, 1.82) is 0 Å². The van der Waals surface area contributed by atoms with Crippen LogP contribution >= 0.6 is 0 Å². The number of benzene rings is 2. The molecule has 0 aliphatic carbocycles. The largest absolute Gasteiger partial charge is 0.507 e. The number of phenols is 1. The Balaban J connectivity index is 1.35. The standard InChI is InChI=1S/C26H25FN2O4/c1-16-13-22(30)21(15-28-9-11-29(12-10-28)19-6-4-18(27)5-7-19)26-24(16)25(31)23(33-26)14-20-8-3-17(2)32-20/h3-8,13-14,30H,9-12,15H2,1-2H3/b23-14-. The van der Waals surface area contributed by atoms with Crippen LogP contribution in [-0.2, 0) is 6.54 Å². The second kappa shape index (κ2) is 8.41. The number of aromatic hydroxyl groups is 1. The van der Waals surface area contributed by atoms with Crippen LogP contribution < -0.4 is 9.64 Å². The fraction of sp³-hybridized carbons (Fsp3) is 0.269. The van der Waals surface area contributed by atoms with Gasteiger partial charge in [0.15, 0.2) is 5.76 Å². The van der Waals surface area contributed by atoms with Crippen LogP contribution in [0.15, 0.2) is 52.6 Å². The van der Waals surface area contributed by atoms with E-state index in [0.717, 1.165) is 37.6 Å². The zero-order valence-electron chi connectivity index (χ0n) is 18.6. The maximum atomic E-state index is 13.2. The molecule has 1 fully saturated rings. The molecule has 1 aromatic heterocycles. The molecule has 1 saturated heterocycles. The molecule has 7 heteroatoms. The number of piperazine rings is 1. The molecule has 0 radical (unpaired) electrons. The third-order valence-corrected chi connectivity index (χ3v) is 6.20. The number of hydrogen-bond donors (Lipinski definition) is 1. The van der Waals surface area contributed by atoms with Crippen molar-refractivity contribution >= 4 is 17.5 Å². The van der Waals surface area contributed by atoms with E-state index in [0.29, 0.717) is 34.7 Å². The van der Waals surface area contributed by atoms with Gasteiger partial charge in [0.25, 0.3) is 0 Å². The number of phenolic OH excluding ortho intramolecular Hbond substituents is 1. The predicted octanol–water partition coefficient (Wildman–Crippen LogP) is 4.68. The first kappa shape index (κ1) is 21.3. The number of anilines is 1. The molecular weight excluding hydrogens is 423 g/mol. The summed E-state index contributed by atoms with van der Waals surface area (Å²) in [5.41, 5.74) is 2.77. The summed E-state index contributed by atoms with van der Waals surface area (Å²) < 4.78 is 24.8. The Morgan fingerprint density at radius 2 is 1.79 bits per heavy atom. The molecule has 0 unspecified atom stereocenters. The molecule has 2 aliphatic heterocycles. The molecule has 0 spiro atoms. The molecule has 170 valence electrons. The summed E-state index contributed by atoms with van der Waals surface area (Å²) in [6, 6.07) is 11.8. The van der Waals surface area contributed by atoms with E-state index in [4.69, 9.17) is 9.15 Å². The summed E-state index contributed by atoms with van der Waals surface area (Å²) in [5.74, 6) is 1.58. The van der Waals surface area contributed by atoms with Gasteiger partial charge in [-0.05, 0) is 61.9 Å². The molecule has 0 bridgehead atoms. The van der Waals surface area contributed by atoms with E-state index in [9.17, 15) is 14.3 Å². The number of Topliss-reactive ketones (excluding diaryl/α,β-unsaturated/α-hetero) is 1. The number of carbonyl (C=O) groups is 1. The first-order valence-electron chi connectivity index (χ1n) is 11.0. The molecule has 3 heterocycles. The molecule has 2 aliphatic rings. The lowest BCUT2D eigenvalue weighted by atomic mass is 9.99. The SMILES string of the molecule is Cc1ccc(/C=C2\Oc3c(CN4CCN(c5ccc(F)cc5)CC4)c(O)cc(C)c3C2=O)o1. The van der Waals surface area contributed by atoms with Crippen molar-refractivity contribution in [2.75, 3.05) is 31.1 Å². The lowest BCUT2D eigenvalue weighted by Gasteiger charge is -2.36. The topological polar surface area (TPSA) is 66.2 Å². The zero-order valence-corrected chi connectivity index (χ0v) is 18.6. The molecule has 33 heavy (non-hydrogen) atoms. The van der Waals surface area contributed by atoms with Gasteiger partial charge in [-0.3, -0.25) is 9.69 Å². The highest BCUT2D eigenvalue weighted by atomic mass is 19.1. The minimum Gasteiger partial charge on any atom is -0.507 e. The van der Waals surface area contributed by atoms with E-state index in [1.165, 1.54) is 12.1 Å². The van der Waals surface area contributed by atoms with Gasteiger partial charge in [-0.2, -0.15) is 0 Å². The van der Waals surface area contributed by atoms with Crippen molar-refractivity contribution in [2.45, 2.75) is 20.4 Å². The maximum Gasteiger partial charge on any atom is 0.232 e. The molecular formula is C26H25FN2O4. The van der Waals surface area contributed by atoms with Gasteiger partial charge in [0.1, 0.15) is 28.8 Å². The van der Waals surface area contributed by atoms with Gasteiger partial charge in [0.05, 0.1) is 11.1 Å². The quantitative estimate of drug-likeness (QED) is 0.585. The van der Waals surface area contributed by atoms with E-state index >= 15 is 0 Å². The van der Waals surface area contributed by atoms with Gasteiger partial charge in [-0.15, -0.1) is 0 Å². The molecule has 0 amide bonds. The molecule has 3 aromatic rings. The number of hydrogen-bond acceptors (Lipinski definition) is 6. The smallest absolute Gasteiger partial charge is 0.232 e. The Morgan fingerprint density at radius 1 is 1.06 bits per heavy atom. The second-order valence-corrected chi connectivity index (χ2v) is 8.52. The minimum atomic E-state index is -0.244. The van der Waals surface area contributed by atoms with E-state index < -0.39 is 0 Å². The van der Waals surface area contributed by atoms with Gasteiger partial charge >= 0.3 is 0 Å². The Bertz CT molecular complexity index is 1240. The Kier molecular flexibility index (Phi) is 5.42. The van der Waals surface area contributed by atoms with E-state index in [1.54, 1.807) is 37.3 Å². The van der Waals surface area contributed by atoms with Crippen LogP contribution in [0.4, 0.5) is 10.1 Å². The number of allylic oxidation sites excluding steroid dienone is 1. The van der Waals surface area contributed by atoms with Crippen LogP contribution in [0.2, 0.25) is 0 Å². The van der Waals surface area contributed by atoms with E-state index in [-0.39, 0.29) is 23.1 Å². The van der Waals surface area contributed by atoms with Crippen LogP contribution in [0, 0.1) is 19.7 Å². The van der Waals surface area contributed by atoms with Crippen molar-refractivity contribution in [3.05, 3.63) is 82.3 Å². The average Bonchev–Trinajstić information content (AvgIpc) is 3.35. The fourth-order valence-electron chi connectivity index (χ4n) is 4.43. The highest BCUT2D eigenvalue weighted by molar-refractivity contribution is 6.15. The van der Waals surface area contributed by atoms with E-state index in [1.807, 2.05) is 13.0 Å². The summed E-state index contributed by atoms with van der Waals surface area (Å²) in [6.45, 7) is 7.19. The Morgan fingerprint density at radius 3 is 2.45 bits per heavy atom. The lowest BCUT2D eigenvalue weighted by molar-refractivity contribution is 0.101. The number of fused-ring (bicyclic) bond motifs is 1. The number of aryl methyl sites for hydroxylation is 2. The second-order valence-electron chi connectivity index (χ2n) is 8.52. The fourth-order valence-corrected chi connectivity index (χ4v) is 4.43. The summed E-state index contributed by atoms with van der Waals surface area (Å²) in [5, 5.41) is 10.7. The Labute approximate surface area is 191 Å². The monoisotopic (exact) mass is 448 g/mol. The van der Waals surface area contributed by atoms with E-state index in [2.05, 4.69) is 9.80 Å². The van der Waals surface area contributed by atoms with Crippen LogP contribution in [0.3, 0.4) is 0 Å². The third-order valence-electron chi connectivity index (χ3n) is 6.20. The zero-order chi connectivity index (χ0) is 23.1. The summed E-state index contributed by atoms with van der Waals surface area (Å²) >= 11 is 0. The highest BCUT2D eigenvalue weighted by Crippen LogP contribution is 2.42. The van der Waals surface area contributed by atoms with Crippen molar-refractivity contribution < 1.29 is 23.4 Å². The lowest BCUT2D eigenvalue weighted by Crippen LogP contribution is -2.46. The molecule has 0 saturated carbocycles. The first-order chi connectivity index (χ1) is 15.9. The number of nitrogens with zero attached hydrogens (tertiary/aromatic N) is 2. The van der Waals surface area contributed by atoms with Gasteiger partial charge < -0.3 is 19.2 Å². The van der Waals surface area contributed by atoms with Crippen molar-refractivity contribution in [3.8, 4) is 11.5 Å². The molecule has 2 aromatic carbocycles. The van der Waals surface area contributed by atoms with Gasteiger partial charge in [0, 0.05) is 44.5 Å². The van der Waals surface area contributed by atoms with Gasteiger partial charge in [0.2, 0.25) is 5.78 Å². The third kappa shape index (κ3) is 4.12. The van der Waals surface area contributed by atoms with Crippen molar-refractivity contribution in [2.24, 2.45) is 0 Å². The Hall–Kier alpha value is -3.58. The van der Waals surface area contributed by atoms with Crippen LogP contribution in [0.25, 0.3) is 6.08 Å². The number of halogens is 1. The average molecular weight is 448 g/mol. The van der Waals surface area contributed by atoms with Crippen LogP contribution in [0.1, 0.15) is 33.0 Å². The van der Waals surface area contributed by atoms with Gasteiger partial charge in [-0.1, -0.05) is 0 Å². The first-order valence-corrected chi connectivity index (χ1v) is 11.0. The number of rotatable bonds is 4. The number of carbonyl (C=O) groups excluding carboxylic acids is 1. The summed E-state index contributed by atoms with van der Waals surface area (Å²) in [6.07, 6.45) is 1.59. The maximum absolute atomic E-state index is 13.2. The molecule has 1 N–H and O–H groups in total. The normalized spacial score (nSPS) is 17.5. The predicted molar refractivity (Wildman–Crippen MR) is 123 cm³/mol. The number of ether oxygens (including phenoxy) is 1. The molecule has 0 atom stereocenters. The number of furan rings is 1. The van der Waals surface area contributed by atoms with Crippen molar-refractivity contribution in [3.63, 3.8) is 0 Å². The minimum absolute atomic E-state index is 0.120. The van der Waals surface area contributed by atoms with Crippen molar-refractivity contribution in [1.82, 2.24) is 4.90 Å². The van der Waals surface area contributed by atoms with Gasteiger partial charge in [-0.25, -0.2) is 4.39 Å². The molecule has 5 rings (SSSR count). The summed E-state index contributed by atoms with van der Waals surface area (Å²) in [7, 11) is 0.